The van der Waals surface area contributed by atoms with Crippen LogP contribution in [0.5, 0.6) is 0 Å². The third-order valence-corrected chi connectivity index (χ3v) is 1.77. The number of nitrogens with two attached hydrogens (primary N) is 1. The third-order valence-electron chi connectivity index (χ3n) is 1.77. The van der Waals surface area contributed by atoms with Crippen LogP contribution in [0.1, 0.15) is 19.8 Å². The summed E-state index contributed by atoms with van der Waals surface area (Å²) < 4.78 is 0. The highest BCUT2D eigenvalue weighted by atomic mass is 15.2. The molecule has 13 heavy (non-hydrogen) atoms. The Balaban J connectivity index is 2.40. The fraction of sp³-hybridized carbons (Fsp3) is 0.444. The molecule has 0 atom stereocenters. The zero-order valence-electron chi connectivity index (χ0n) is 7.88. The van der Waals surface area contributed by atoms with Gasteiger partial charge in [0, 0.05) is 6.54 Å². The number of hydrogen-bond acceptors (Lipinski definition) is 4. The van der Waals surface area contributed by atoms with E-state index in [1.54, 1.807) is 6.20 Å². The number of pyridine rings is 1. The zero-order chi connectivity index (χ0) is 9.52. The van der Waals surface area contributed by atoms with Crippen LogP contribution >= 0.6 is 0 Å². The number of hydrogen-bond donors (Lipinski definition) is 3. The quantitative estimate of drug-likeness (QED) is 0.366. The molecule has 0 aliphatic heterocycles. The maximum absolute atomic E-state index is 5.21. The van der Waals surface area contributed by atoms with E-state index in [-0.39, 0.29) is 0 Å². The fourth-order valence-electron chi connectivity index (χ4n) is 0.977. The summed E-state index contributed by atoms with van der Waals surface area (Å²) in [5, 5.41) is 3.22. The number of nitrogens with one attached hydrogen (secondary N) is 2. The third kappa shape index (κ3) is 3.29. The first-order valence-electron chi connectivity index (χ1n) is 4.53. The highest BCUT2D eigenvalue weighted by Gasteiger charge is 1.92. The minimum atomic E-state index is 0.820. The number of aromatic nitrogens is 1. The van der Waals surface area contributed by atoms with Crippen molar-refractivity contribution < 1.29 is 0 Å². The SMILES string of the molecule is CCCCNc1ccc(NN)cn1. The number of rotatable bonds is 5. The van der Waals surface area contributed by atoms with Crippen molar-refractivity contribution in [1.82, 2.24) is 4.98 Å². The van der Waals surface area contributed by atoms with Gasteiger partial charge in [-0.2, -0.15) is 0 Å². The summed E-state index contributed by atoms with van der Waals surface area (Å²) in [4.78, 5) is 4.17. The largest absolute Gasteiger partial charge is 0.370 e. The average Bonchev–Trinajstić information content (AvgIpc) is 2.19. The lowest BCUT2D eigenvalue weighted by Gasteiger charge is -2.04. The number of anilines is 2. The fourth-order valence-corrected chi connectivity index (χ4v) is 0.977. The number of hydrazine groups is 1. The van der Waals surface area contributed by atoms with Gasteiger partial charge in [-0.05, 0) is 18.6 Å². The van der Waals surface area contributed by atoms with Crippen LogP contribution in [-0.4, -0.2) is 11.5 Å². The van der Waals surface area contributed by atoms with Gasteiger partial charge in [0.1, 0.15) is 5.82 Å². The summed E-state index contributed by atoms with van der Waals surface area (Å²) in [5.74, 6) is 6.11. The summed E-state index contributed by atoms with van der Waals surface area (Å²) in [6.45, 7) is 3.13. The van der Waals surface area contributed by atoms with Crippen LogP contribution < -0.4 is 16.6 Å². The average molecular weight is 180 g/mol. The summed E-state index contributed by atoms with van der Waals surface area (Å²) in [7, 11) is 0. The second kappa shape index (κ2) is 5.37. The summed E-state index contributed by atoms with van der Waals surface area (Å²) in [6, 6.07) is 3.80. The van der Waals surface area contributed by atoms with Crippen molar-refractivity contribution in [3.8, 4) is 0 Å². The molecule has 0 bridgehead atoms. The minimum Gasteiger partial charge on any atom is -0.370 e. The molecule has 4 N–H and O–H groups in total. The van der Waals surface area contributed by atoms with Crippen molar-refractivity contribution in [2.45, 2.75) is 19.8 Å². The Morgan fingerprint density at radius 2 is 2.31 bits per heavy atom. The van der Waals surface area contributed by atoms with Crippen molar-refractivity contribution in [3.63, 3.8) is 0 Å². The molecule has 1 heterocycles. The molecule has 1 aromatic heterocycles. The van der Waals surface area contributed by atoms with E-state index in [9.17, 15) is 0 Å². The van der Waals surface area contributed by atoms with Crippen molar-refractivity contribution in [2.24, 2.45) is 5.84 Å². The molecule has 0 aliphatic carbocycles. The van der Waals surface area contributed by atoms with E-state index < -0.39 is 0 Å². The Kier molecular flexibility index (Phi) is 4.05. The van der Waals surface area contributed by atoms with Gasteiger partial charge in [0.2, 0.25) is 0 Å². The van der Waals surface area contributed by atoms with Gasteiger partial charge >= 0.3 is 0 Å². The van der Waals surface area contributed by atoms with Crippen LogP contribution in [0.25, 0.3) is 0 Å². The van der Waals surface area contributed by atoms with Crippen LogP contribution in [0.2, 0.25) is 0 Å². The molecular weight excluding hydrogens is 164 g/mol. The van der Waals surface area contributed by atoms with Crippen LogP contribution in [0.15, 0.2) is 18.3 Å². The lowest BCUT2D eigenvalue weighted by atomic mass is 10.3. The predicted octanol–water partition coefficient (Wildman–Crippen LogP) is 1.58. The van der Waals surface area contributed by atoms with Crippen LogP contribution in [-0.2, 0) is 0 Å². The van der Waals surface area contributed by atoms with E-state index in [1.807, 2.05) is 12.1 Å². The summed E-state index contributed by atoms with van der Waals surface area (Å²) in [6.07, 6.45) is 4.06. The molecule has 0 saturated carbocycles. The second-order valence-corrected chi connectivity index (χ2v) is 2.86. The molecule has 1 aromatic rings. The van der Waals surface area contributed by atoms with E-state index in [2.05, 4.69) is 22.7 Å². The minimum absolute atomic E-state index is 0.820. The van der Waals surface area contributed by atoms with Gasteiger partial charge in [-0.3, -0.25) is 5.84 Å². The molecule has 1 rings (SSSR count). The van der Waals surface area contributed by atoms with Crippen molar-refractivity contribution >= 4 is 11.5 Å². The molecule has 0 saturated heterocycles. The summed E-state index contributed by atoms with van der Waals surface area (Å²) in [5.41, 5.74) is 3.35. The van der Waals surface area contributed by atoms with E-state index in [4.69, 9.17) is 5.84 Å². The van der Waals surface area contributed by atoms with Crippen molar-refractivity contribution in [2.75, 3.05) is 17.3 Å². The molecule has 4 heteroatoms. The standard InChI is InChI=1S/C9H16N4/c1-2-3-6-11-9-5-4-8(13-10)7-12-9/h4-5,7,13H,2-3,6,10H2,1H3,(H,11,12). The van der Waals surface area contributed by atoms with Gasteiger partial charge in [-0.15, -0.1) is 0 Å². The normalized spacial score (nSPS) is 9.69. The molecule has 72 valence electrons. The van der Waals surface area contributed by atoms with Crippen molar-refractivity contribution in [1.29, 1.82) is 0 Å². The van der Waals surface area contributed by atoms with E-state index in [0.717, 1.165) is 18.1 Å². The number of nitrogens with zero attached hydrogens (tertiary/aromatic N) is 1. The Labute approximate surface area is 78.5 Å². The summed E-state index contributed by atoms with van der Waals surface area (Å²) >= 11 is 0. The van der Waals surface area contributed by atoms with Gasteiger partial charge < -0.3 is 10.7 Å². The molecule has 0 radical (unpaired) electrons. The van der Waals surface area contributed by atoms with Gasteiger partial charge in [-0.25, -0.2) is 4.98 Å². The first-order chi connectivity index (χ1) is 6.36. The molecule has 0 aliphatic rings. The first kappa shape index (κ1) is 9.80. The monoisotopic (exact) mass is 180 g/mol. The zero-order valence-corrected chi connectivity index (χ0v) is 7.88. The number of unbranched alkanes of at least 4 members (excludes halogenated alkanes) is 1. The molecule has 4 nitrogen and oxygen atoms in total. The van der Waals surface area contributed by atoms with Crippen LogP contribution in [0.4, 0.5) is 11.5 Å². The predicted molar refractivity (Wildman–Crippen MR) is 55.4 cm³/mol. The van der Waals surface area contributed by atoms with E-state index in [1.165, 1.54) is 12.8 Å². The van der Waals surface area contributed by atoms with Gasteiger partial charge in [-0.1, -0.05) is 13.3 Å². The molecule has 0 unspecified atom stereocenters. The number of nitrogen functional groups attached to an aromatic ring is 1. The highest BCUT2D eigenvalue weighted by molar-refractivity contribution is 5.46. The first-order valence-corrected chi connectivity index (χ1v) is 4.53. The Bertz CT molecular complexity index is 232. The van der Waals surface area contributed by atoms with Crippen molar-refractivity contribution in [3.05, 3.63) is 18.3 Å². The molecule has 0 aromatic carbocycles. The van der Waals surface area contributed by atoms with Crippen LogP contribution in [0.3, 0.4) is 0 Å². The Morgan fingerprint density at radius 1 is 1.46 bits per heavy atom. The lowest BCUT2D eigenvalue weighted by molar-refractivity contribution is 0.831. The maximum atomic E-state index is 5.21. The van der Waals surface area contributed by atoms with Gasteiger partial charge in [0.05, 0.1) is 11.9 Å². The second-order valence-electron chi connectivity index (χ2n) is 2.86. The van der Waals surface area contributed by atoms with Gasteiger partial charge in [0.15, 0.2) is 0 Å². The highest BCUT2D eigenvalue weighted by Crippen LogP contribution is 2.07. The van der Waals surface area contributed by atoms with Gasteiger partial charge in [0.25, 0.3) is 0 Å². The lowest BCUT2D eigenvalue weighted by Crippen LogP contribution is -2.08. The molecule has 0 fully saturated rings. The smallest absolute Gasteiger partial charge is 0.126 e. The van der Waals surface area contributed by atoms with E-state index >= 15 is 0 Å². The maximum Gasteiger partial charge on any atom is 0.126 e. The Morgan fingerprint density at radius 3 is 2.85 bits per heavy atom. The molecule has 0 spiro atoms. The Hall–Kier alpha value is -1.29. The molecule has 0 amide bonds. The molecular formula is C9H16N4. The topological polar surface area (TPSA) is 63.0 Å². The van der Waals surface area contributed by atoms with Crippen LogP contribution in [0, 0.1) is 0 Å². The van der Waals surface area contributed by atoms with E-state index in [0.29, 0.717) is 0 Å².